The van der Waals surface area contributed by atoms with E-state index in [0.29, 0.717) is 38.3 Å². The second-order valence-corrected chi connectivity index (χ2v) is 7.69. The number of ether oxygens (including phenoxy) is 2. The van der Waals surface area contributed by atoms with Crippen LogP contribution < -0.4 is 10.1 Å². The van der Waals surface area contributed by atoms with Crippen molar-refractivity contribution in [2.75, 3.05) is 45.8 Å². The number of carbonyl (C=O) groups excluding carboxylic acids is 1. The van der Waals surface area contributed by atoms with Gasteiger partial charge in [0.15, 0.2) is 0 Å². The fourth-order valence-corrected chi connectivity index (χ4v) is 3.59. The molecule has 1 fully saturated rings. The molecule has 5 nitrogen and oxygen atoms in total. The standard InChI is InChI=1S/C23H29FN2O3/c1-26(2)14-3-15-29-21-10-8-20(9-11-21)25-22(27)23(12-16-28-17-13-23)18-4-6-19(24)7-5-18/h4-11H,3,12-17H2,1-2H3,(H,25,27). The van der Waals surface area contributed by atoms with Crippen molar-refractivity contribution in [3.8, 4) is 5.75 Å². The molecule has 2 aromatic carbocycles. The summed E-state index contributed by atoms with van der Waals surface area (Å²) in [5, 5.41) is 3.02. The molecule has 2 aromatic rings. The van der Waals surface area contributed by atoms with Crippen LogP contribution >= 0.6 is 0 Å². The Morgan fingerprint density at radius 1 is 1.10 bits per heavy atom. The Hall–Kier alpha value is -2.44. The first-order chi connectivity index (χ1) is 14.0. The molecule has 3 rings (SSSR count). The summed E-state index contributed by atoms with van der Waals surface area (Å²) < 4.78 is 24.6. The van der Waals surface area contributed by atoms with Crippen molar-refractivity contribution in [1.29, 1.82) is 0 Å². The van der Waals surface area contributed by atoms with E-state index in [2.05, 4.69) is 10.2 Å². The fourth-order valence-electron chi connectivity index (χ4n) is 3.59. The minimum atomic E-state index is -0.715. The normalized spacial score (nSPS) is 15.9. The summed E-state index contributed by atoms with van der Waals surface area (Å²) in [5.74, 6) is 0.380. The zero-order valence-corrected chi connectivity index (χ0v) is 17.1. The number of benzene rings is 2. The van der Waals surface area contributed by atoms with Crippen LogP contribution in [0.3, 0.4) is 0 Å². The Bertz CT molecular complexity index is 785. The smallest absolute Gasteiger partial charge is 0.235 e. The second kappa shape index (κ2) is 9.85. The molecule has 6 heteroatoms. The molecule has 0 unspecified atom stereocenters. The molecular weight excluding hydrogens is 371 g/mol. The summed E-state index contributed by atoms with van der Waals surface area (Å²) in [5.41, 5.74) is 0.817. The van der Waals surface area contributed by atoms with E-state index >= 15 is 0 Å². The van der Waals surface area contributed by atoms with Crippen LogP contribution in [0.5, 0.6) is 5.75 Å². The van der Waals surface area contributed by atoms with Crippen LogP contribution in [0.2, 0.25) is 0 Å². The number of nitrogens with zero attached hydrogens (tertiary/aromatic N) is 1. The van der Waals surface area contributed by atoms with Crippen LogP contribution in [0, 0.1) is 5.82 Å². The van der Waals surface area contributed by atoms with Crippen molar-refractivity contribution in [2.24, 2.45) is 0 Å². The Labute approximate surface area is 171 Å². The van der Waals surface area contributed by atoms with Crippen molar-refractivity contribution in [3.63, 3.8) is 0 Å². The predicted octanol–water partition coefficient (Wildman–Crippen LogP) is 3.84. The van der Waals surface area contributed by atoms with Crippen molar-refractivity contribution in [3.05, 3.63) is 59.9 Å². The lowest BCUT2D eigenvalue weighted by Gasteiger charge is -2.36. The summed E-state index contributed by atoms with van der Waals surface area (Å²) in [4.78, 5) is 15.4. The number of halogens is 1. The molecule has 0 radical (unpaired) electrons. The van der Waals surface area contributed by atoms with Gasteiger partial charge in [0.1, 0.15) is 11.6 Å². The average Bonchev–Trinajstić information content (AvgIpc) is 2.73. The van der Waals surface area contributed by atoms with E-state index in [1.54, 1.807) is 12.1 Å². The highest BCUT2D eigenvalue weighted by atomic mass is 19.1. The molecule has 0 bridgehead atoms. The van der Waals surface area contributed by atoms with Crippen LogP contribution in [-0.4, -0.2) is 51.3 Å². The van der Waals surface area contributed by atoms with Crippen LogP contribution in [0.4, 0.5) is 10.1 Å². The number of hydrogen-bond donors (Lipinski definition) is 1. The third kappa shape index (κ3) is 5.55. The van der Waals surface area contributed by atoms with E-state index in [0.717, 1.165) is 24.3 Å². The molecule has 0 aromatic heterocycles. The highest BCUT2D eigenvalue weighted by molar-refractivity contribution is 5.99. The molecule has 156 valence electrons. The quantitative estimate of drug-likeness (QED) is 0.684. The minimum Gasteiger partial charge on any atom is -0.494 e. The number of rotatable bonds is 8. The summed E-state index contributed by atoms with van der Waals surface area (Å²) in [6.07, 6.45) is 2.09. The topological polar surface area (TPSA) is 50.8 Å². The van der Waals surface area contributed by atoms with Gasteiger partial charge in [-0.3, -0.25) is 4.79 Å². The lowest BCUT2D eigenvalue weighted by molar-refractivity contribution is -0.125. The minimum absolute atomic E-state index is 0.0907. The van der Waals surface area contributed by atoms with Gasteiger partial charge in [-0.2, -0.15) is 0 Å². The van der Waals surface area contributed by atoms with Crippen LogP contribution in [0.1, 0.15) is 24.8 Å². The molecule has 0 saturated carbocycles. The molecule has 1 saturated heterocycles. The first-order valence-electron chi connectivity index (χ1n) is 10.0. The molecule has 0 spiro atoms. The highest BCUT2D eigenvalue weighted by Gasteiger charge is 2.41. The number of hydrogen-bond acceptors (Lipinski definition) is 4. The third-order valence-electron chi connectivity index (χ3n) is 5.31. The fraction of sp³-hybridized carbons (Fsp3) is 0.435. The van der Waals surface area contributed by atoms with Gasteiger partial charge in [0, 0.05) is 25.4 Å². The van der Waals surface area contributed by atoms with Gasteiger partial charge in [-0.05, 0) is 75.3 Å². The van der Waals surface area contributed by atoms with Gasteiger partial charge in [0.05, 0.1) is 12.0 Å². The van der Waals surface area contributed by atoms with E-state index in [1.807, 2.05) is 38.4 Å². The zero-order chi connectivity index (χ0) is 20.7. The molecule has 1 amide bonds. The van der Waals surface area contributed by atoms with E-state index < -0.39 is 5.41 Å². The first-order valence-corrected chi connectivity index (χ1v) is 10.0. The average molecular weight is 400 g/mol. The van der Waals surface area contributed by atoms with E-state index in [-0.39, 0.29) is 11.7 Å². The number of anilines is 1. The molecule has 1 heterocycles. The van der Waals surface area contributed by atoms with E-state index in [9.17, 15) is 9.18 Å². The van der Waals surface area contributed by atoms with Gasteiger partial charge in [-0.1, -0.05) is 12.1 Å². The number of nitrogens with one attached hydrogen (secondary N) is 1. The Kier molecular flexibility index (Phi) is 7.23. The molecule has 0 atom stereocenters. The summed E-state index contributed by atoms with van der Waals surface area (Å²) >= 11 is 0. The third-order valence-corrected chi connectivity index (χ3v) is 5.31. The summed E-state index contributed by atoms with van der Waals surface area (Å²) in [7, 11) is 4.07. The Morgan fingerprint density at radius 3 is 2.38 bits per heavy atom. The summed E-state index contributed by atoms with van der Waals surface area (Å²) in [6.45, 7) is 2.63. The maximum atomic E-state index is 13.4. The number of amides is 1. The van der Waals surface area contributed by atoms with E-state index in [4.69, 9.17) is 9.47 Å². The van der Waals surface area contributed by atoms with Crippen molar-refractivity contribution < 1.29 is 18.7 Å². The van der Waals surface area contributed by atoms with Gasteiger partial charge in [-0.15, -0.1) is 0 Å². The van der Waals surface area contributed by atoms with Crippen LogP contribution in [-0.2, 0) is 14.9 Å². The van der Waals surface area contributed by atoms with Crippen LogP contribution in [0.25, 0.3) is 0 Å². The van der Waals surface area contributed by atoms with E-state index in [1.165, 1.54) is 12.1 Å². The van der Waals surface area contributed by atoms with Crippen LogP contribution in [0.15, 0.2) is 48.5 Å². The largest absolute Gasteiger partial charge is 0.494 e. The molecular formula is C23H29FN2O3. The number of carbonyl (C=O) groups is 1. The van der Waals surface area contributed by atoms with Crippen molar-refractivity contribution >= 4 is 11.6 Å². The maximum Gasteiger partial charge on any atom is 0.235 e. The summed E-state index contributed by atoms with van der Waals surface area (Å²) in [6, 6.07) is 13.6. The highest BCUT2D eigenvalue weighted by Crippen LogP contribution is 2.36. The van der Waals surface area contributed by atoms with Gasteiger partial charge >= 0.3 is 0 Å². The molecule has 0 aliphatic carbocycles. The molecule has 1 aliphatic rings. The lowest BCUT2D eigenvalue weighted by Crippen LogP contribution is -2.44. The van der Waals surface area contributed by atoms with Crippen molar-refractivity contribution in [1.82, 2.24) is 4.90 Å². The SMILES string of the molecule is CN(C)CCCOc1ccc(NC(=O)C2(c3ccc(F)cc3)CCOCC2)cc1. The first kappa shape index (κ1) is 21.3. The molecule has 1 N–H and O–H groups in total. The van der Waals surface area contributed by atoms with Gasteiger partial charge in [-0.25, -0.2) is 4.39 Å². The Balaban J connectivity index is 1.66. The van der Waals surface area contributed by atoms with Crippen molar-refractivity contribution in [2.45, 2.75) is 24.7 Å². The monoisotopic (exact) mass is 400 g/mol. The zero-order valence-electron chi connectivity index (χ0n) is 17.1. The second-order valence-electron chi connectivity index (χ2n) is 7.69. The molecule has 29 heavy (non-hydrogen) atoms. The molecule has 1 aliphatic heterocycles. The lowest BCUT2D eigenvalue weighted by atomic mass is 9.73. The Morgan fingerprint density at radius 2 is 1.76 bits per heavy atom. The maximum absolute atomic E-state index is 13.4. The van der Waals surface area contributed by atoms with Gasteiger partial charge < -0.3 is 19.7 Å². The van der Waals surface area contributed by atoms with Gasteiger partial charge in [0.2, 0.25) is 5.91 Å². The van der Waals surface area contributed by atoms with Gasteiger partial charge in [0.25, 0.3) is 0 Å². The predicted molar refractivity (Wildman–Crippen MR) is 112 cm³/mol.